The van der Waals surface area contributed by atoms with Gasteiger partial charge >= 0.3 is 0 Å². The first-order chi connectivity index (χ1) is 11.8. The largest absolute Gasteiger partial charge is 0.457 e. The third-order valence-electron chi connectivity index (χ3n) is 3.38. The number of hydrogen-bond donors (Lipinski definition) is 1. The molecule has 0 aliphatic heterocycles. The van der Waals surface area contributed by atoms with Crippen LogP contribution in [0, 0.1) is 28.4 Å². The second-order valence-electron chi connectivity index (χ2n) is 5.76. The van der Waals surface area contributed by atoms with Crippen LogP contribution in [-0.4, -0.2) is 16.9 Å². The van der Waals surface area contributed by atoms with E-state index in [2.05, 4.69) is 5.32 Å². The lowest BCUT2D eigenvalue weighted by Crippen LogP contribution is -2.30. The van der Waals surface area contributed by atoms with E-state index >= 15 is 0 Å². The van der Waals surface area contributed by atoms with E-state index in [9.17, 15) is 14.9 Å². The molecule has 1 amide bonds. The van der Waals surface area contributed by atoms with E-state index in [1.807, 2.05) is 6.07 Å². The first-order valence-electron chi connectivity index (χ1n) is 7.59. The molecule has 0 spiro atoms. The molecule has 1 N–H and O–H groups in total. The van der Waals surface area contributed by atoms with Crippen molar-refractivity contribution in [2.24, 2.45) is 0 Å². The molecule has 0 radical (unpaired) electrons. The number of nitro groups is 1. The van der Waals surface area contributed by atoms with E-state index in [1.54, 1.807) is 39.0 Å². The average Bonchev–Trinajstić information content (AvgIpc) is 2.99. The summed E-state index contributed by atoms with van der Waals surface area (Å²) < 4.78 is 5.66. The Morgan fingerprint density at radius 3 is 2.64 bits per heavy atom. The van der Waals surface area contributed by atoms with Crippen molar-refractivity contribution < 1.29 is 14.1 Å². The van der Waals surface area contributed by atoms with E-state index < -0.39 is 10.8 Å². The zero-order valence-corrected chi connectivity index (χ0v) is 14.1. The van der Waals surface area contributed by atoms with Gasteiger partial charge in [0.1, 0.15) is 23.2 Å². The van der Waals surface area contributed by atoms with Crippen LogP contribution in [0.25, 0.3) is 17.4 Å². The highest BCUT2D eigenvalue weighted by molar-refractivity contribution is 6.01. The molecular weight excluding hydrogens is 322 g/mol. The van der Waals surface area contributed by atoms with Gasteiger partial charge in [-0.05, 0) is 44.5 Å². The summed E-state index contributed by atoms with van der Waals surface area (Å²) in [6, 6.07) is 9.56. The second-order valence-corrected chi connectivity index (χ2v) is 5.76. The molecule has 2 rings (SSSR count). The van der Waals surface area contributed by atoms with Gasteiger partial charge in [-0.3, -0.25) is 14.9 Å². The van der Waals surface area contributed by atoms with Gasteiger partial charge in [0.2, 0.25) is 0 Å². The summed E-state index contributed by atoms with van der Waals surface area (Å²) in [5.74, 6) is 0.380. The molecule has 1 aromatic carbocycles. The minimum atomic E-state index is -0.470. The Kier molecular flexibility index (Phi) is 5.35. The number of non-ortho nitro benzene ring substituents is 1. The maximum absolute atomic E-state index is 11.9. The Labute approximate surface area is 144 Å². The quantitative estimate of drug-likeness (QED) is 0.387. The fourth-order valence-electron chi connectivity index (χ4n) is 2.24. The maximum atomic E-state index is 11.9. The normalized spacial score (nSPS) is 11.2. The standard InChI is InChI=1S/C18H17N3O4/c1-11(2)20-18(22)13(10-19)9-15-5-7-17(25-15)16-6-4-14(21(23)24)8-12(16)3/h4-9,11H,1-3H3,(H,20,22)/b13-9+. The zero-order valence-electron chi connectivity index (χ0n) is 14.1. The van der Waals surface area contributed by atoms with Crippen molar-refractivity contribution in [2.75, 3.05) is 0 Å². The van der Waals surface area contributed by atoms with E-state index in [-0.39, 0.29) is 17.3 Å². The van der Waals surface area contributed by atoms with Crippen molar-refractivity contribution in [3.63, 3.8) is 0 Å². The van der Waals surface area contributed by atoms with Crippen LogP contribution in [0.15, 0.2) is 40.3 Å². The van der Waals surface area contributed by atoms with Gasteiger partial charge in [-0.15, -0.1) is 0 Å². The number of nitro benzene ring substituents is 1. The molecule has 7 nitrogen and oxygen atoms in total. The van der Waals surface area contributed by atoms with Crippen LogP contribution in [-0.2, 0) is 4.79 Å². The SMILES string of the molecule is Cc1cc([N+](=O)[O-])ccc1-c1ccc(/C=C(\C#N)C(=O)NC(C)C)o1. The number of nitriles is 1. The number of carbonyl (C=O) groups excluding carboxylic acids is 1. The van der Waals surface area contributed by atoms with Crippen LogP contribution in [0.3, 0.4) is 0 Å². The number of benzene rings is 1. The minimum Gasteiger partial charge on any atom is -0.457 e. The molecule has 2 aromatic rings. The molecular formula is C18H17N3O4. The molecule has 0 aliphatic rings. The Hall–Kier alpha value is -3.40. The first kappa shape index (κ1) is 17.9. The lowest BCUT2D eigenvalue weighted by Gasteiger charge is -2.06. The average molecular weight is 339 g/mol. The van der Waals surface area contributed by atoms with Crippen molar-refractivity contribution in [1.29, 1.82) is 5.26 Å². The third kappa shape index (κ3) is 4.32. The smallest absolute Gasteiger partial charge is 0.269 e. The summed E-state index contributed by atoms with van der Waals surface area (Å²) >= 11 is 0. The molecule has 0 bridgehead atoms. The Balaban J connectivity index is 2.31. The fraction of sp³-hybridized carbons (Fsp3) is 0.222. The summed E-state index contributed by atoms with van der Waals surface area (Å²) in [7, 11) is 0. The van der Waals surface area contributed by atoms with Crippen LogP contribution < -0.4 is 5.32 Å². The van der Waals surface area contributed by atoms with Crippen molar-refractivity contribution in [1.82, 2.24) is 5.32 Å². The lowest BCUT2D eigenvalue weighted by molar-refractivity contribution is -0.384. The van der Waals surface area contributed by atoms with Crippen LogP contribution in [0.4, 0.5) is 5.69 Å². The van der Waals surface area contributed by atoms with Gasteiger partial charge in [0.05, 0.1) is 4.92 Å². The monoisotopic (exact) mass is 339 g/mol. The van der Waals surface area contributed by atoms with Gasteiger partial charge in [0, 0.05) is 29.8 Å². The summed E-state index contributed by atoms with van der Waals surface area (Å²) in [4.78, 5) is 22.3. The van der Waals surface area contributed by atoms with Gasteiger partial charge in [-0.1, -0.05) is 0 Å². The van der Waals surface area contributed by atoms with E-state index in [0.29, 0.717) is 22.6 Å². The molecule has 128 valence electrons. The van der Waals surface area contributed by atoms with E-state index in [1.165, 1.54) is 18.2 Å². The Morgan fingerprint density at radius 2 is 2.08 bits per heavy atom. The van der Waals surface area contributed by atoms with Crippen LogP contribution in [0.5, 0.6) is 0 Å². The van der Waals surface area contributed by atoms with E-state index in [4.69, 9.17) is 9.68 Å². The number of hydrogen-bond acceptors (Lipinski definition) is 5. The molecule has 7 heteroatoms. The predicted octanol–water partition coefficient (Wildman–Crippen LogP) is 3.59. The number of rotatable bonds is 5. The van der Waals surface area contributed by atoms with Gasteiger partial charge < -0.3 is 9.73 Å². The molecule has 0 aliphatic carbocycles. The van der Waals surface area contributed by atoms with Gasteiger partial charge in [0.25, 0.3) is 11.6 Å². The van der Waals surface area contributed by atoms with Crippen LogP contribution in [0.1, 0.15) is 25.2 Å². The molecule has 0 saturated heterocycles. The van der Waals surface area contributed by atoms with Crippen molar-refractivity contribution in [2.45, 2.75) is 26.8 Å². The van der Waals surface area contributed by atoms with Crippen molar-refractivity contribution in [3.05, 3.63) is 57.3 Å². The van der Waals surface area contributed by atoms with Gasteiger partial charge in [-0.2, -0.15) is 5.26 Å². The van der Waals surface area contributed by atoms with Gasteiger partial charge in [-0.25, -0.2) is 0 Å². The molecule has 25 heavy (non-hydrogen) atoms. The summed E-state index contributed by atoms with van der Waals surface area (Å²) in [6.45, 7) is 5.35. The van der Waals surface area contributed by atoms with E-state index in [0.717, 1.165) is 0 Å². The van der Waals surface area contributed by atoms with Crippen LogP contribution in [0.2, 0.25) is 0 Å². The Bertz CT molecular complexity index is 888. The number of furan rings is 1. The third-order valence-corrected chi connectivity index (χ3v) is 3.38. The summed E-state index contributed by atoms with van der Waals surface area (Å²) in [5, 5.41) is 22.6. The minimum absolute atomic E-state index is 0.00467. The summed E-state index contributed by atoms with van der Waals surface area (Å²) in [5.41, 5.74) is 1.34. The maximum Gasteiger partial charge on any atom is 0.269 e. The number of nitrogens with zero attached hydrogens (tertiary/aromatic N) is 2. The number of amides is 1. The number of nitrogens with one attached hydrogen (secondary N) is 1. The molecule has 0 saturated carbocycles. The molecule has 0 atom stereocenters. The van der Waals surface area contributed by atoms with Gasteiger partial charge in [0.15, 0.2) is 0 Å². The molecule has 0 fully saturated rings. The highest BCUT2D eigenvalue weighted by Gasteiger charge is 2.14. The van der Waals surface area contributed by atoms with Crippen LogP contribution >= 0.6 is 0 Å². The molecule has 0 unspecified atom stereocenters. The highest BCUT2D eigenvalue weighted by Crippen LogP contribution is 2.29. The Morgan fingerprint density at radius 1 is 1.36 bits per heavy atom. The zero-order chi connectivity index (χ0) is 18.6. The highest BCUT2D eigenvalue weighted by atomic mass is 16.6. The first-order valence-corrected chi connectivity index (χ1v) is 7.59. The van der Waals surface area contributed by atoms with Crippen molar-refractivity contribution in [3.8, 4) is 17.4 Å². The van der Waals surface area contributed by atoms with Crippen molar-refractivity contribution >= 4 is 17.7 Å². The molecule has 1 aromatic heterocycles. The lowest BCUT2D eigenvalue weighted by atomic mass is 10.1. The fourth-order valence-corrected chi connectivity index (χ4v) is 2.24. The summed E-state index contributed by atoms with van der Waals surface area (Å²) in [6.07, 6.45) is 1.36. The number of carbonyl (C=O) groups is 1. The topological polar surface area (TPSA) is 109 Å². The molecule has 1 heterocycles. The predicted molar refractivity (Wildman–Crippen MR) is 92.4 cm³/mol. The second kappa shape index (κ2) is 7.45. The number of aryl methyl sites for hydroxylation is 1.